The summed E-state index contributed by atoms with van der Waals surface area (Å²) in [5.74, 6) is 0.447. The Kier molecular flexibility index (Phi) is 5.95. The van der Waals surface area contributed by atoms with Crippen LogP contribution in [0.15, 0.2) is 59.1 Å². The summed E-state index contributed by atoms with van der Waals surface area (Å²) in [5.41, 5.74) is 7.35. The van der Waals surface area contributed by atoms with Crippen LogP contribution in [0.4, 0.5) is 0 Å². The number of aliphatic hydroxyl groups excluding tert-OH is 1. The van der Waals surface area contributed by atoms with Gasteiger partial charge in [0.1, 0.15) is 41.5 Å². The number of benzene rings is 3. The Hall–Kier alpha value is -2.94. The molecule has 3 atom stereocenters. The number of hydrogen-bond donors (Lipinski definition) is 5. The molecule has 0 amide bonds. The molecule has 0 unspecified atom stereocenters. The molecule has 3 aromatic rings. The zero-order chi connectivity index (χ0) is 22.1. The van der Waals surface area contributed by atoms with Crippen LogP contribution in [0.25, 0.3) is 0 Å². The molecule has 4 rings (SSSR count). The Morgan fingerprint density at radius 2 is 1.84 bits per heavy atom. The molecule has 1 aliphatic heterocycles. The lowest BCUT2D eigenvalue weighted by Gasteiger charge is -2.36. The minimum Gasteiger partial charge on any atom is -0.508 e. The minimum absolute atomic E-state index is 0.000774. The van der Waals surface area contributed by atoms with Gasteiger partial charge in [0.25, 0.3) is 0 Å². The van der Waals surface area contributed by atoms with E-state index in [-0.39, 0.29) is 30.4 Å². The predicted octanol–water partition coefficient (Wildman–Crippen LogP) is 3.53. The highest BCUT2D eigenvalue weighted by molar-refractivity contribution is 9.10. The molecule has 1 aliphatic rings. The largest absolute Gasteiger partial charge is 0.508 e. The summed E-state index contributed by atoms with van der Waals surface area (Å²) in [7, 11) is 0. The second kappa shape index (κ2) is 8.66. The van der Waals surface area contributed by atoms with Crippen LogP contribution in [-0.2, 0) is 0 Å². The first-order chi connectivity index (χ1) is 14.9. The van der Waals surface area contributed by atoms with E-state index >= 15 is 0 Å². The number of phenolic OH excluding ortho intramolecular Hbond substituents is 3. The first kappa shape index (κ1) is 21.3. The quantitative estimate of drug-likeness (QED) is 0.372. The van der Waals surface area contributed by atoms with Crippen LogP contribution in [0.1, 0.15) is 28.7 Å². The summed E-state index contributed by atoms with van der Waals surface area (Å²) >= 11 is 3.34. The van der Waals surface area contributed by atoms with E-state index in [0.717, 1.165) is 5.56 Å². The van der Waals surface area contributed by atoms with Gasteiger partial charge in [-0.15, -0.1) is 0 Å². The molecule has 0 radical (unpaired) electrons. The summed E-state index contributed by atoms with van der Waals surface area (Å²) < 4.78 is 12.6. The van der Waals surface area contributed by atoms with Gasteiger partial charge in [0, 0.05) is 23.7 Å². The summed E-state index contributed by atoms with van der Waals surface area (Å²) in [6.07, 6.45) is -1.52. The number of halogens is 1. The Morgan fingerprint density at radius 1 is 1.06 bits per heavy atom. The van der Waals surface area contributed by atoms with Crippen molar-refractivity contribution in [1.82, 2.24) is 0 Å². The molecule has 7 nitrogen and oxygen atoms in total. The summed E-state index contributed by atoms with van der Waals surface area (Å²) in [5, 5.41) is 40.9. The van der Waals surface area contributed by atoms with E-state index in [9.17, 15) is 20.4 Å². The molecule has 31 heavy (non-hydrogen) atoms. The molecule has 3 aromatic carbocycles. The maximum atomic E-state index is 10.8. The highest BCUT2D eigenvalue weighted by Crippen LogP contribution is 2.48. The van der Waals surface area contributed by atoms with Gasteiger partial charge in [0.2, 0.25) is 0 Å². The molecule has 1 heterocycles. The van der Waals surface area contributed by atoms with E-state index in [0.29, 0.717) is 27.1 Å². The molecule has 0 fully saturated rings. The van der Waals surface area contributed by atoms with Crippen molar-refractivity contribution in [3.05, 3.63) is 75.8 Å². The highest BCUT2D eigenvalue weighted by atomic mass is 79.9. The summed E-state index contributed by atoms with van der Waals surface area (Å²) in [4.78, 5) is 0. The fraction of sp³-hybridized carbons (Fsp3) is 0.217. The molecule has 8 heteroatoms. The van der Waals surface area contributed by atoms with Crippen LogP contribution >= 0.6 is 15.9 Å². The molecule has 6 N–H and O–H groups in total. The monoisotopic (exact) mass is 487 g/mol. The average Bonchev–Trinajstić information content (AvgIpc) is 2.75. The van der Waals surface area contributed by atoms with Crippen molar-refractivity contribution in [2.45, 2.75) is 18.1 Å². The Bertz CT molecular complexity index is 1110. The standard InChI is InChI=1S/C23H22BrNO6/c24-16-8-12(4-6-17(16)27)21-20(31-14-3-1-2-13(26)9-14)11-30-23-15(19(29)10-25)5-7-18(28)22(21)23/h1-9,19-21,26-29H,10-11,25H2/t19-,20+,21-/m0/s1. The third-order valence-corrected chi connectivity index (χ3v) is 5.93. The van der Waals surface area contributed by atoms with Gasteiger partial charge in [-0.1, -0.05) is 12.1 Å². The number of nitrogens with two attached hydrogens (primary N) is 1. The molecular weight excluding hydrogens is 466 g/mol. The SMILES string of the molecule is NC[C@H](O)c1ccc(O)c2c1OC[C@@H](Oc1cccc(O)c1)[C@@H]2c1ccc(O)c(Br)c1. The fourth-order valence-corrected chi connectivity index (χ4v) is 4.23. The summed E-state index contributed by atoms with van der Waals surface area (Å²) in [6, 6.07) is 14.5. The second-order valence-corrected chi connectivity index (χ2v) is 8.18. The topological polar surface area (TPSA) is 125 Å². The molecule has 0 saturated carbocycles. The number of fused-ring (bicyclic) bond motifs is 1. The number of hydrogen-bond acceptors (Lipinski definition) is 7. The molecule has 162 valence electrons. The van der Waals surface area contributed by atoms with Crippen molar-refractivity contribution in [2.24, 2.45) is 5.73 Å². The van der Waals surface area contributed by atoms with E-state index in [1.165, 1.54) is 12.1 Å². The highest BCUT2D eigenvalue weighted by Gasteiger charge is 2.38. The number of phenols is 3. The fourth-order valence-electron chi connectivity index (χ4n) is 3.84. The van der Waals surface area contributed by atoms with E-state index in [1.807, 2.05) is 0 Å². The number of aliphatic hydroxyl groups is 1. The molecule has 0 spiro atoms. The lowest BCUT2D eigenvalue weighted by atomic mass is 9.82. The Balaban J connectivity index is 1.86. The van der Waals surface area contributed by atoms with Crippen molar-refractivity contribution < 1.29 is 29.9 Å². The van der Waals surface area contributed by atoms with Crippen LogP contribution < -0.4 is 15.2 Å². The van der Waals surface area contributed by atoms with Gasteiger partial charge < -0.3 is 35.6 Å². The predicted molar refractivity (Wildman–Crippen MR) is 118 cm³/mol. The van der Waals surface area contributed by atoms with Gasteiger partial charge in [0.15, 0.2) is 0 Å². The number of aromatic hydroxyl groups is 3. The lowest BCUT2D eigenvalue weighted by molar-refractivity contribution is 0.0906. The maximum absolute atomic E-state index is 10.8. The van der Waals surface area contributed by atoms with Gasteiger partial charge in [-0.05, 0) is 57.9 Å². The van der Waals surface area contributed by atoms with Gasteiger partial charge in [-0.2, -0.15) is 0 Å². The van der Waals surface area contributed by atoms with Gasteiger partial charge >= 0.3 is 0 Å². The third-order valence-electron chi connectivity index (χ3n) is 5.30. The van der Waals surface area contributed by atoms with Crippen molar-refractivity contribution in [1.29, 1.82) is 0 Å². The normalized spacial score (nSPS) is 18.7. The van der Waals surface area contributed by atoms with Crippen LogP contribution in [0.3, 0.4) is 0 Å². The lowest BCUT2D eigenvalue weighted by Crippen LogP contribution is -2.37. The Morgan fingerprint density at radius 3 is 2.55 bits per heavy atom. The maximum Gasteiger partial charge on any atom is 0.144 e. The van der Waals surface area contributed by atoms with Gasteiger partial charge in [0.05, 0.1) is 16.5 Å². The van der Waals surface area contributed by atoms with Gasteiger partial charge in [-0.3, -0.25) is 0 Å². The molecule has 0 aliphatic carbocycles. The first-order valence-electron chi connectivity index (χ1n) is 9.69. The van der Waals surface area contributed by atoms with E-state index in [1.54, 1.807) is 42.5 Å². The van der Waals surface area contributed by atoms with Crippen molar-refractivity contribution in [3.63, 3.8) is 0 Å². The van der Waals surface area contributed by atoms with Crippen LogP contribution in [-0.4, -0.2) is 39.7 Å². The van der Waals surface area contributed by atoms with Gasteiger partial charge in [-0.25, -0.2) is 0 Å². The first-order valence-corrected chi connectivity index (χ1v) is 10.5. The van der Waals surface area contributed by atoms with E-state index in [2.05, 4.69) is 15.9 Å². The van der Waals surface area contributed by atoms with Crippen LogP contribution in [0.2, 0.25) is 0 Å². The zero-order valence-electron chi connectivity index (χ0n) is 16.4. The summed E-state index contributed by atoms with van der Waals surface area (Å²) in [6.45, 7) is 0.124. The Labute approximate surface area is 187 Å². The van der Waals surface area contributed by atoms with Crippen molar-refractivity contribution >= 4 is 15.9 Å². The minimum atomic E-state index is -0.954. The molecule has 0 bridgehead atoms. The molecule has 0 saturated heterocycles. The smallest absolute Gasteiger partial charge is 0.144 e. The van der Waals surface area contributed by atoms with E-state index < -0.39 is 18.1 Å². The van der Waals surface area contributed by atoms with E-state index in [4.69, 9.17) is 15.2 Å². The van der Waals surface area contributed by atoms with Crippen LogP contribution in [0.5, 0.6) is 28.7 Å². The van der Waals surface area contributed by atoms with Crippen molar-refractivity contribution in [2.75, 3.05) is 13.2 Å². The third kappa shape index (κ3) is 4.14. The average molecular weight is 488 g/mol. The number of rotatable bonds is 5. The second-order valence-electron chi connectivity index (χ2n) is 7.32. The van der Waals surface area contributed by atoms with Crippen molar-refractivity contribution in [3.8, 4) is 28.7 Å². The molecular formula is C23H22BrNO6. The zero-order valence-corrected chi connectivity index (χ0v) is 18.0. The molecule has 0 aromatic heterocycles. The number of ether oxygens (including phenoxy) is 2. The van der Waals surface area contributed by atoms with Crippen LogP contribution in [0, 0.1) is 0 Å².